The number of nitrogen functional groups attached to an aromatic ring is 1. The third kappa shape index (κ3) is 4.30. The van der Waals surface area contributed by atoms with E-state index < -0.39 is 11.8 Å². The van der Waals surface area contributed by atoms with E-state index in [1.54, 1.807) is 6.07 Å². The molecule has 3 rings (SSSR count). The van der Waals surface area contributed by atoms with Crippen molar-refractivity contribution in [2.45, 2.75) is 38.6 Å². The highest BCUT2D eigenvalue weighted by molar-refractivity contribution is 7.09. The number of amides is 3. The van der Waals surface area contributed by atoms with Gasteiger partial charge in [-0.05, 0) is 49.0 Å². The lowest BCUT2D eigenvalue weighted by atomic mass is 10.2. The summed E-state index contributed by atoms with van der Waals surface area (Å²) in [5, 5.41) is 2.99. The summed E-state index contributed by atoms with van der Waals surface area (Å²) in [4.78, 5) is 38.6. The molecule has 3 amide bonds. The zero-order chi connectivity index (χ0) is 20.3. The van der Waals surface area contributed by atoms with E-state index in [-0.39, 0.29) is 34.8 Å². The van der Waals surface area contributed by atoms with Crippen molar-refractivity contribution in [1.29, 1.82) is 0 Å². The number of primary amides is 1. The van der Waals surface area contributed by atoms with Crippen molar-refractivity contribution in [1.82, 2.24) is 9.69 Å². The molecule has 1 heterocycles. The Morgan fingerprint density at radius 2 is 2.00 bits per heavy atom. The molecule has 1 aliphatic carbocycles. The molecular formula is C19H23N5O3S. The summed E-state index contributed by atoms with van der Waals surface area (Å²) in [6.07, 6.45) is 4.10. The fraction of sp³-hybridized carbons (Fsp3) is 0.368. The van der Waals surface area contributed by atoms with Gasteiger partial charge in [-0.25, -0.2) is 0 Å². The van der Waals surface area contributed by atoms with E-state index in [4.69, 9.17) is 11.5 Å². The number of carbonyl (C=O) groups is 3. The quantitative estimate of drug-likeness (QED) is 0.679. The molecule has 0 unspecified atom stereocenters. The Morgan fingerprint density at radius 3 is 2.61 bits per heavy atom. The fourth-order valence-electron chi connectivity index (χ4n) is 3.31. The van der Waals surface area contributed by atoms with Gasteiger partial charge in [-0.2, -0.15) is 4.37 Å². The van der Waals surface area contributed by atoms with Crippen LogP contribution in [0.5, 0.6) is 0 Å². The summed E-state index contributed by atoms with van der Waals surface area (Å²) in [6.45, 7) is 1.75. The number of anilines is 2. The molecule has 0 atom stereocenters. The van der Waals surface area contributed by atoms with E-state index in [1.807, 2.05) is 25.1 Å². The van der Waals surface area contributed by atoms with Crippen LogP contribution in [0.15, 0.2) is 24.3 Å². The molecule has 0 radical (unpaired) electrons. The lowest BCUT2D eigenvalue weighted by Crippen LogP contribution is -2.43. The first kappa shape index (κ1) is 19.8. The molecule has 1 fully saturated rings. The van der Waals surface area contributed by atoms with E-state index in [9.17, 15) is 14.4 Å². The molecule has 1 aromatic carbocycles. The summed E-state index contributed by atoms with van der Waals surface area (Å²) in [6, 6.07) is 7.42. The first-order chi connectivity index (χ1) is 13.4. The van der Waals surface area contributed by atoms with Gasteiger partial charge < -0.3 is 16.8 Å². The van der Waals surface area contributed by atoms with E-state index in [0.29, 0.717) is 5.69 Å². The largest absolute Gasteiger partial charge is 0.395 e. The van der Waals surface area contributed by atoms with Crippen molar-refractivity contribution < 1.29 is 14.4 Å². The predicted molar refractivity (Wildman–Crippen MR) is 108 cm³/mol. The van der Waals surface area contributed by atoms with Crippen molar-refractivity contribution in [3.8, 4) is 0 Å². The van der Waals surface area contributed by atoms with E-state index >= 15 is 0 Å². The van der Waals surface area contributed by atoms with Gasteiger partial charge in [0.1, 0.15) is 11.4 Å². The van der Waals surface area contributed by atoms with E-state index in [0.717, 1.165) is 42.8 Å². The first-order valence-corrected chi connectivity index (χ1v) is 9.87. The van der Waals surface area contributed by atoms with Crippen molar-refractivity contribution in [2.24, 2.45) is 5.73 Å². The lowest BCUT2D eigenvalue weighted by Gasteiger charge is -2.23. The minimum Gasteiger partial charge on any atom is -0.395 e. The van der Waals surface area contributed by atoms with E-state index in [2.05, 4.69) is 9.69 Å². The number of carbonyl (C=O) groups excluding carboxylic acids is 3. The number of hydrogen-bond donors (Lipinski definition) is 3. The van der Waals surface area contributed by atoms with Gasteiger partial charge in [-0.1, -0.05) is 25.0 Å². The Morgan fingerprint density at radius 1 is 1.29 bits per heavy atom. The molecule has 1 saturated carbocycles. The Hall–Kier alpha value is -2.94. The number of hydrogen-bond acceptors (Lipinski definition) is 6. The van der Waals surface area contributed by atoms with Crippen molar-refractivity contribution in [3.05, 3.63) is 40.4 Å². The van der Waals surface area contributed by atoms with Crippen LogP contribution in [0.25, 0.3) is 0 Å². The van der Waals surface area contributed by atoms with Crippen LogP contribution < -0.4 is 21.7 Å². The second kappa shape index (κ2) is 8.39. The number of nitrogens with one attached hydrogen (secondary N) is 1. The second-order valence-electron chi connectivity index (χ2n) is 6.92. The highest BCUT2D eigenvalue weighted by atomic mass is 32.1. The monoisotopic (exact) mass is 401 g/mol. The average Bonchev–Trinajstić information content (AvgIpc) is 3.28. The summed E-state index contributed by atoms with van der Waals surface area (Å²) in [5.74, 6) is -1.52. The molecule has 0 aliphatic heterocycles. The van der Waals surface area contributed by atoms with E-state index in [1.165, 1.54) is 4.90 Å². The average molecular weight is 401 g/mol. The molecule has 148 valence electrons. The van der Waals surface area contributed by atoms with Gasteiger partial charge in [0.2, 0.25) is 5.91 Å². The van der Waals surface area contributed by atoms with Crippen LogP contribution in [-0.4, -0.2) is 34.7 Å². The van der Waals surface area contributed by atoms with Gasteiger partial charge >= 0.3 is 0 Å². The van der Waals surface area contributed by atoms with Crippen LogP contribution >= 0.6 is 11.5 Å². The van der Waals surface area contributed by atoms with Crippen LogP contribution in [-0.2, 0) is 4.79 Å². The van der Waals surface area contributed by atoms with Gasteiger partial charge in [0.15, 0.2) is 5.69 Å². The summed E-state index contributed by atoms with van der Waals surface area (Å²) in [7, 11) is 0. The SMILES string of the molecule is Cc1cccc(N(CC(=O)NC2CCCC2)C(=O)c2snc(C(N)=O)c2N)c1. The van der Waals surface area contributed by atoms with Gasteiger partial charge in [0, 0.05) is 11.7 Å². The molecule has 2 aromatic rings. The standard InChI is InChI=1S/C19H23N5O3S/c1-11-5-4-8-13(9-11)24(10-14(25)22-12-6-2-3-7-12)19(27)17-15(20)16(18(21)26)23-28-17/h4-5,8-9,12H,2-3,6-7,10,20H2,1H3,(H2,21,26)(H,22,25). The first-order valence-electron chi connectivity index (χ1n) is 9.09. The van der Waals surface area contributed by atoms with Crippen LogP contribution in [0.3, 0.4) is 0 Å². The summed E-state index contributed by atoms with van der Waals surface area (Å²) < 4.78 is 3.89. The molecule has 0 bridgehead atoms. The van der Waals surface area contributed by atoms with Crippen molar-refractivity contribution in [2.75, 3.05) is 17.2 Å². The zero-order valence-corrected chi connectivity index (χ0v) is 16.4. The Bertz CT molecular complexity index is 905. The molecule has 5 N–H and O–H groups in total. The topological polar surface area (TPSA) is 131 Å². The Kier molecular flexibility index (Phi) is 5.93. The van der Waals surface area contributed by atoms with Crippen LogP contribution in [0, 0.1) is 6.92 Å². The molecule has 9 heteroatoms. The number of nitrogens with two attached hydrogens (primary N) is 2. The lowest BCUT2D eigenvalue weighted by molar-refractivity contribution is -0.120. The highest BCUT2D eigenvalue weighted by Gasteiger charge is 2.28. The summed E-state index contributed by atoms with van der Waals surface area (Å²) >= 11 is 0.801. The van der Waals surface area contributed by atoms with Crippen molar-refractivity contribution >= 4 is 40.6 Å². The minimum atomic E-state index is -0.797. The molecule has 8 nitrogen and oxygen atoms in total. The fourth-order valence-corrected chi connectivity index (χ4v) is 4.07. The smallest absolute Gasteiger partial charge is 0.272 e. The maximum absolute atomic E-state index is 13.2. The molecule has 0 spiro atoms. The Balaban J connectivity index is 1.88. The highest BCUT2D eigenvalue weighted by Crippen LogP contribution is 2.26. The third-order valence-corrected chi connectivity index (χ3v) is 5.59. The minimum absolute atomic E-state index is 0.0589. The van der Waals surface area contributed by atoms with Gasteiger partial charge in [-0.15, -0.1) is 0 Å². The van der Waals surface area contributed by atoms with Crippen molar-refractivity contribution in [3.63, 3.8) is 0 Å². The molecular weight excluding hydrogens is 378 g/mol. The zero-order valence-electron chi connectivity index (χ0n) is 15.6. The number of benzene rings is 1. The number of rotatable bonds is 6. The maximum Gasteiger partial charge on any atom is 0.272 e. The number of nitrogens with zero attached hydrogens (tertiary/aromatic N) is 2. The maximum atomic E-state index is 13.2. The van der Waals surface area contributed by atoms with Gasteiger partial charge in [0.25, 0.3) is 11.8 Å². The van der Waals surface area contributed by atoms with Crippen LogP contribution in [0.1, 0.15) is 51.4 Å². The van der Waals surface area contributed by atoms with Crippen LogP contribution in [0.4, 0.5) is 11.4 Å². The third-order valence-electron chi connectivity index (χ3n) is 4.74. The molecule has 28 heavy (non-hydrogen) atoms. The molecule has 1 aliphatic rings. The van der Waals surface area contributed by atoms with Gasteiger partial charge in [-0.3, -0.25) is 19.3 Å². The Labute approximate surface area is 167 Å². The summed E-state index contributed by atoms with van der Waals surface area (Å²) in [5.41, 5.74) is 12.5. The normalized spacial score (nSPS) is 14.0. The second-order valence-corrected chi connectivity index (χ2v) is 7.69. The molecule has 1 aromatic heterocycles. The predicted octanol–water partition coefficient (Wildman–Crippen LogP) is 1.84. The number of aromatic nitrogens is 1. The van der Waals surface area contributed by atoms with Crippen LogP contribution in [0.2, 0.25) is 0 Å². The molecule has 0 saturated heterocycles. The number of aryl methyl sites for hydroxylation is 1. The van der Waals surface area contributed by atoms with Gasteiger partial charge in [0.05, 0.1) is 5.69 Å².